The van der Waals surface area contributed by atoms with Crippen LogP contribution in [0.2, 0.25) is 5.02 Å². The van der Waals surface area contributed by atoms with Gasteiger partial charge in [-0.1, -0.05) is 36.7 Å². The number of carboxylic acid groups (broad SMARTS) is 1. The summed E-state index contributed by atoms with van der Waals surface area (Å²) in [5.74, 6) is -4.50. The van der Waals surface area contributed by atoms with Crippen LogP contribution in [0, 0.1) is 18.6 Å². The van der Waals surface area contributed by atoms with E-state index in [9.17, 15) is 13.6 Å². The Labute approximate surface area is 188 Å². The summed E-state index contributed by atoms with van der Waals surface area (Å²) in [6.45, 7) is 3.09. The van der Waals surface area contributed by atoms with E-state index in [1.54, 1.807) is 19.1 Å². The second kappa shape index (κ2) is 9.93. The number of aliphatic carboxylic acids is 1. The van der Waals surface area contributed by atoms with Crippen molar-refractivity contribution in [2.75, 3.05) is 0 Å². The molecular formula is C23H21ClF2N2O4. The second-order valence-corrected chi connectivity index (χ2v) is 7.45. The first-order valence-corrected chi connectivity index (χ1v) is 10.1. The lowest BCUT2D eigenvalue weighted by Gasteiger charge is -2.16. The quantitative estimate of drug-likeness (QED) is 0.460. The Balaban J connectivity index is 1.99. The molecule has 9 heteroatoms. The fourth-order valence-corrected chi connectivity index (χ4v) is 3.20. The van der Waals surface area contributed by atoms with E-state index in [1.807, 2.05) is 24.3 Å². The van der Waals surface area contributed by atoms with Gasteiger partial charge >= 0.3 is 5.97 Å². The van der Waals surface area contributed by atoms with Crippen LogP contribution in [0.1, 0.15) is 24.5 Å². The van der Waals surface area contributed by atoms with E-state index in [-0.39, 0.29) is 12.2 Å². The average molecular weight is 463 g/mol. The molecule has 0 radical (unpaired) electrons. The molecule has 3 aromatic rings. The number of hydrogen-bond acceptors (Lipinski definition) is 5. The van der Waals surface area contributed by atoms with Gasteiger partial charge < -0.3 is 20.3 Å². The van der Waals surface area contributed by atoms with E-state index in [2.05, 4.69) is 4.98 Å². The van der Waals surface area contributed by atoms with Crippen molar-refractivity contribution in [1.82, 2.24) is 4.98 Å². The molecule has 1 atom stereocenters. The standard InChI is InChI=1S/C23H21ClF2N2O4/c1-3-18(23(29)30)32-22-20(26)12(2)19(25)21(28-22)31-17-9-15(8-16(24)10-17)14-6-4-5-13(7-14)11-27/h4-10,18H,3,11,27H2,1-2H3,(H,29,30). The molecule has 0 saturated carbocycles. The highest BCUT2D eigenvalue weighted by Gasteiger charge is 2.25. The molecule has 0 aliphatic heterocycles. The number of halogens is 3. The minimum Gasteiger partial charge on any atom is -0.479 e. The Morgan fingerprint density at radius 3 is 2.53 bits per heavy atom. The molecule has 0 fully saturated rings. The van der Waals surface area contributed by atoms with Crippen molar-refractivity contribution in [2.24, 2.45) is 5.73 Å². The largest absolute Gasteiger partial charge is 0.479 e. The summed E-state index contributed by atoms with van der Waals surface area (Å²) in [7, 11) is 0. The molecule has 3 rings (SSSR count). The van der Waals surface area contributed by atoms with Crippen molar-refractivity contribution in [2.45, 2.75) is 32.9 Å². The summed E-state index contributed by atoms with van der Waals surface area (Å²) in [6, 6.07) is 12.3. The van der Waals surface area contributed by atoms with Crippen molar-refractivity contribution in [3.63, 3.8) is 0 Å². The van der Waals surface area contributed by atoms with Crippen molar-refractivity contribution in [3.8, 4) is 28.6 Å². The lowest BCUT2D eigenvalue weighted by Crippen LogP contribution is -2.27. The van der Waals surface area contributed by atoms with Crippen LogP contribution in [0.5, 0.6) is 17.5 Å². The van der Waals surface area contributed by atoms with E-state index in [0.29, 0.717) is 17.1 Å². The number of carbonyl (C=O) groups is 1. The Morgan fingerprint density at radius 2 is 1.88 bits per heavy atom. The summed E-state index contributed by atoms with van der Waals surface area (Å²) in [5, 5.41) is 9.48. The first kappa shape index (κ1) is 23.4. The van der Waals surface area contributed by atoms with E-state index >= 15 is 0 Å². The highest BCUT2D eigenvalue weighted by molar-refractivity contribution is 6.31. The van der Waals surface area contributed by atoms with E-state index < -0.39 is 41.0 Å². The van der Waals surface area contributed by atoms with Gasteiger partial charge in [-0.3, -0.25) is 0 Å². The zero-order valence-corrected chi connectivity index (χ0v) is 18.1. The molecule has 0 saturated heterocycles. The number of benzene rings is 2. The van der Waals surface area contributed by atoms with Crippen LogP contribution >= 0.6 is 11.6 Å². The molecule has 2 aromatic carbocycles. The molecular weight excluding hydrogens is 442 g/mol. The fourth-order valence-electron chi connectivity index (χ4n) is 2.97. The third-order valence-electron chi connectivity index (χ3n) is 4.72. The lowest BCUT2D eigenvalue weighted by molar-refractivity contribution is -0.145. The van der Waals surface area contributed by atoms with E-state index in [1.165, 1.54) is 13.0 Å². The van der Waals surface area contributed by atoms with E-state index in [0.717, 1.165) is 11.1 Å². The summed E-state index contributed by atoms with van der Waals surface area (Å²) < 4.78 is 39.9. The first-order valence-electron chi connectivity index (χ1n) is 9.76. The lowest BCUT2D eigenvalue weighted by atomic mass is 10.0. The number of carboxylic acids is 1. The fraction of sp³-hybridized carbons (Fsp3) is 0.217. The van der Waals surface area contributed by atoms with Gasteiger partial charge in [-0.2, -0.15) is 4.98 Å². The van der Waals surface area contributed by atoms with Crippen molar-refractivity contribution in [1.29, 1.82) is 0 Å². The molecule has 0 bridgehead atoms. The van der Waals surface area contributed by atoms with Crippen molar-refractivity contribution >= 4 is 17.6 Å². The third kappa shape index (κ3) is 5.15. The van der Waals surface area contributed by atoms with Crippen LogP contribution in [-0.4, -0.2) is 22.2 Å². The Hall–Kier alpha value is -3.23. The van der Waals surface area contributed by atoms with Crippen LogP contribution in [0.3, 0.4) is 0 Å². The van der Waals surface area contributed by atoms with Crippen LogP contribution in [0.25, 0.3) is 11.1 Å². The molecule has 0 spiro atoms. The Kier molecular flexibility index (Phi) is 7.27. The topological polar surface area (TPSA) is 94.7 Å². The smallest absolute Gasteiger partial charge is 0.344 e. The summed E-state index contributed by atoms with van der Waals surface area (Å²) in [4.78, 5) is 15.0. The number of nitrogens with zero attached hydrogens (tertiary/aromatic N) is 1. The number of nitrogens with two attached hydrogens (primary N) is 1. The number of pyridine rings is 1. The third-order valence-corrected chi connectivity index (χ3v) is 4.94. The van der Waals surface area contributed by atoms with Gasteiger partial charge in [0.05, 0.1) is 0 Å². The Morgan fingerprint density at radius 1 is 1.16 bits per heavy atom. The van der Waals surface area contributed by atoms with E-state index in [4.69, 9.17) is 31.9 Å². The molecule has 3 N–H and O–H groups in total. The maximum atomic E-state index is 14.7. The zero-order valence-electron chi connectivity index (χ0n) is 17.4. The van der Waals surface area contributed by atoms with Crippen LogP contribution < -0.4 is 15.2 Å². The molecule has 6 nitrogen and oxygen atoms in total. The average Bonchev–Trinajstić information content (AvgIpc) is 2.78. The van der Waals surface area contributed by atoms with Crippen LogP contribution in [0.15, 0.2) is 42.5 Å². The molecule has 0 aliphatic rings. The SMILES string of the molecule is CCC(Oc1nc(Oc2cc(Cl)cc(-c3cccc(CN)c3)c2)c(F)c(C)c1F)C(=O)O. The maximum Gasteiger partial charge on any atom is 0.344 e. The predicted octanol–water partition coefficient (Wildman–Crippen LogP) is 5.48. The molecule has 1 heterocycles. The summed E-state index contributed by atoms with van der Waals surface area (Å²) in [6.07, 6.45) is -1.29. The number of ether oxygens (including phenoxy) is 2. The zero-order chi connectivity index (χ0) is 23.4. The highest BCUT2D eigenvalue weighted by Crippen LogP contribution is 2.34. The predicted molar refractivity (Wildman–Crippen MR) is 116 cm³/mol. The molecule has 32 heavy (non-hydrogen) atoms. The highest BCUT2D eigenvalue weighted by atomic mass is 35.5. The summed E-state index contributed by atoms with van der Waals surface area (Å²) >= 11 is 6.22. The first-order chi connectivity index (χ1) is 15.2. The van der Waals surface area contributed by atoms with Crippen LogP contribution in [0.4, 0.5) is 8.78 Å². The van der Waals surface area contributed by atoms with Gasteiger partial charge in [0.15, 0.2) is 17.7 Å². The monoisotopic (exact) mass is 462 g/mol. The molecule has 1 unspecified atom stereocenters. The molecule has 168 valence electrons. The maximum absolute atomic E-state index is 14.7. The number of aromatic nitrogens is 1. The Bertz CT molecular complexity index is 1160. The number of rotatable bonds is 8. The van der Waals surface area contributed by atoms with Gasteiger partial charge in [-0.05, 0) is 54.3 Å². The van der Waals surface area contributed by atoms with Gasteiger partial charge in [-0.25, -0.2) is 13.6 Å². The van der Waals surface area contributed by atoms with Crippen LogP contribution in [-0.2, 0) is 11.3 Å². The second-order valence-electron chi connectivity index (χ2n) is 7.01. The molecule has 1 aromatic heterocycles. The van der Waals surface area contributed by atoms with Gasteiger partial charge in [0.25, 0.3) is 11.8 Å². The molecule has 0 amide bonds. The minimum absolute atomic E-state index is 0.0581. The van der Waals surface area contributed by atoms with Crippen molar-refractivity contribution < 1.29 is 28.2 Å². The molecule has 0 aliphatic carbocycles. The van der Waals surface area contributed by atoms with Crippen molar-refractivity contribution in [3.05, 3.63) is 70.2 Å². The number of hydrogen-bond donors (Lipinski definition) is 2. The minimum atomic E-state index is -1.35. The van der Waals surface area contributed by atoms with Gasteiger partial charge in [0.2, 0.25) is 0 Å². The normalized spacial score (nSPS) is 11.8. The summed E-state index contributed by atoms with van der Waals surface area (Å²) in [5.41, 5.74) is 7.71. The van der Waals surface area contributed by atoms with Gasteiger partial charge in [0.1, 0.15) is 5.75 Å². The van der Waals surface area contributed by atoms with Gasteiger partial charge in [-0.15, -0.1) is 0 Å². The van der Waals surface area contributed by atoms with Gasteiger partial charge in [0, 0.05) is 17.1 Å².